The van der Waals surface area contributed by atoms with E-state index < -0.39 is 0 Å². The smallest absolute Gasteiger partial charge is 0.274 e. The molecule has 1 amide bonds. The summed E-state index contributed by atoms with van der Waals surface area (Å²) in [6, 6.07) is 19.6. The molecule has 2 aromatic heterocycles. The molecule has 0 spiro atoms. The zero-order chi connectivity index (χ0) is 20.1. The zero-order valence-corrected chi connectivity index (χ0v) is 15.6. The second kappa shape index (κ2) is 8.48. The number of amides is 1. The molecule has 29 heavy (non-hydrogen) atoms. The second-order valence-corrected chi connectivity index (χ2v) is 6.53. The van der Waals surface area contributed by atoms with Crippen molar-refractivity contribution >= 4 is 28.2 Å². The fourth-order valence-electron chi connectivity index (χ4n) is 3.10. The number of halogens is 1. The number of para-hydroxylation sites is 1. The number of anilines is 2. The summed E-state index contributed by atoms with van der Waals surface area (Å²) in [5.74, 6) is -0.534. The molecular formula is C23H19FN4O. The largest absolute Gasteiger partial charge is 0.385 e. The van der Waals surface area contributed by atoms with Crippen LogP contribution in [0.3, 0.4) is 0 Å². The molecule has 2 heterocycles. The number of nitrogens with one attached hydrogen (secondary N) is 2. The number of nitrogens with zero attached hydrogens (tertiary/aromatic N) is 2. The highest BCUT2D eigenvalue weighted by molar-refractivity contribution is 6.07. The van der Waals surface area contributed by atoms with Crippen LogP contribution in [0.15, 0.2) is 79.1 Å². The lowest BCUT2D eigenvalue weighted by Gasteiger charge is -2.10. The van der Waals surface area contributed by atoms with Gasteiger partial charge in [-0.3, -0.25) is 14.8 Å². The van der Waals surface area contributed by atoms with Gasteiger partial charge in [0.2, 0.25) is 0 Å². The van der Waals surface area contributed by atoms with Gasteiger partial charge in [0.15, 0.2) is 0 Å². The molecule has 0 saturated carbocycles. The van der Waals surface area contributed by atoms with Crippen LogP contribution < -0.4 is 10.6 Å². The summed E-state index contributed by atoms with van der Waals surface area (Å²) in [6.45, 7) is 0.541. The molecule has 6 heteroatoms. The molecule has 0 unspecified atom stereocenters. The van der Waals surface area contributed by atoms with Crippen molar-refractivity contribution in [1.29, 1.82) is 0 Å². The summed E-state index contributed by atoms with van der Waals surface area (Å²) in [7, 11) is 0. The van der Waals surface area contributed by atoms with Gasteiger partial charge in [0.05, 0.1) is 11.2 Å². The molecule has 2 N–H and O–H groups in total. The maximum absolute atomic E-state index is 13.7. The van der Waals surface area contributed by atoms with Gasteiger partial charge in [0.25, 0.3) is 5.91 Å². The van der Waals surface area contributed by atoms with Crippen molar-refractivity contribution in [3.63, 3.8) is 0 Å². The molecular weight excluding hydrogens is 367 g/mol. The first-order valence-corrected chi connectivity index (χ1v) is 9.29. The molecule has 0 aliphatic carbocycles. The van der Waals surface area contributed by atoms with Crippen LogP contribution >= 0.6 is 0 Å². The molecule has 4 aromatic rings. The van der Waals surface area contributed by atoms with E-state index >= 15 is 0 Å². The minimum absolute atomic E-state index is 0.215. The monoisotopic (exact) mass is 386 g/mol. The Morgan fingerprint density at radius 1 is 0.931 bits per heavy atom. The Morgan fingerprint density at radius 3 is 2.69 bits per heavy atom. The molecule has 0 bridgehead atoms. The highest BCUT2D eigenvalue weighted by atomic mass is 19.1. The first-order chi connectivity index (χ1) is 14.2. The predicted molar refractivity (Wildman–Crippen MR) is 113 cm³/mol. The van der Waals surface area contributed by atoms with Crippen LogP contribution in [0.5, 0.6) is 0 Å². The number of pyridine rings is 2. The molecule has 0 atom stereocenters. The van der Waals surface area contributed by atoms with Gasteiger partial charge in [-0.05, 0) is 42.3 Å². The van der Waals surface area contributed by atoms with Crippen molar-refractivity contribution in [1.82, 2.24) is 9.97 Å². The van der Waals surface area contributed by atoms with Crippen LogP contribution in [0, 0.1) is 5.82 Å². The summed E-state index contributed by atoms with van der Waals surface area (Å²) < 4.78 is 13.7. The van der Waals surface area contributed by atoms with E-state index in [1.165, 1.54) is 6.07 Å². The van der Waals surface area contributed by atoms with E-state index in [9.17, 15) is 9.18 Å². The highest BCUT2D eigenvalue weighted by Crippen LogP contribution is 2.21. The normalized spacial score (nSPS) is 10.7. The Morgan fingerprint density at radius 2 is 1.79 bits per heavy atom. The van der Waals surface area contributed by atoms with Crippen molar-refractivity contribution in [2.45, 2.75) is 6.42 Å². The number of aromatic nitrogens is 2. The lowest BCUT2D eigenvalue weighted by molar-refractivity contribution is 0.102. The van der Waals surface area contributed by atoms with E-state index in [1.54, 1.807) is 36.7 Å². The van der Waals surface area contributed by atoms with Crippen molar-refractivity contribution in [3.8, 4) is 0 Å². The standard InChI is InChI=1S/C23H19FN4O/c24-19-8-2-1-5-16(19)10-13-25-18-11-14-26-21(15-18)23(29)28-20-9-3-6-17-7-4-12-27-22(17)20/h1-9,11-12,14-15H,10,13H2,(H,25,26)(H,28,29). The van der Waals surface area contributed by atoms with Crippen LogP contribution in [0.4, 0.5) is 15.8 Å². The minimum atomic E-state index is -0.319. The van der Waals surface area contributed by atoms with Crippen molar-refractivity contribution in [2.24, 2.45) is 0 Å². The lowest BCUT2D eigenvalue weighted by atomic mass is 10.1. The van der Waals surface area contributed by atoms with Gasteiger partial charge >= 0.3 is 0 Å². The quantitative estimate of drug-likeness (QED) is 0.505. The average molecular weight is 386 g/mol. The number of fused-ring (bicyclic) bond motifs is 1. The second-order valence-electron chi connectivity index (χ2n) is 6.53. The van der Waals surface area contributed by atoms with Gasteiger partial charge in [0, 0.05) is 30.0 Å². The molecule has 144 valence electrons. The van der Waals surface area contributed by atoms with Gasteiger partial charge < -0.3 is 10.6 Å². The Labute approximate surface area is 167 Å². The number of hydrogen-bond donors (Lipinski definition) is 2. The molecule has 0 fully saturated rings. The predicted octanol–water partition coefficient (Wildman–Crippen LogP) is 4.68. The van der Waals surface area contributed by atoms with Gasteiger partial charge in [0.1, 0.15) is 11.5 Å². The first kappa shape index (κ1) is 18.6. The summed E-state index contributed by atoms with van der Waals surface area (Å²) in [5.41, 5.74) is 3.04. The molecule has 4 rings (SSSR count). The third-order valence-electron chi connectivity index (χ3n) is 4.55. The maximum Gasteiger partial charge on any atom is 0.274 e. The van der Waals surface area contributed by atoms with Gasteiger partial charge in [-0.2, -0.15) is 0 Å². The summed E-state index contributed by atoms with van der Waals surface area (Å²) >= 11 is 0. The van der Waals surface area contributed by atoms with E-state index in [4.69, 9.17) is 0 Å². The van der Waals surface area contributed by atoms with Gasteiger partial charge in [-0.1, -0.05) is 36.4 Å². The Hall–Kier alpha value is -3.80. The molecule has 0 aliphatic rings. The van der Waals surface area contributed by atoms with Gasteiger partial charge in [-0.15, -0.1) is 0 Å². The number of carbonyl (C=O) groups excluding carboxylic acids is 1. The average Bonchev–Trinajstić information content (AvgIpc) is 2.75. The Bertz CT molecular complexity index is 1160. The van der Waals surface area contributed by atoms with Crippen molar-refractivity contribution < 1.29 is 9.18 Å². The summed E-state index contributed by atoms with van der Waals surface area (Å²) in [4.78, 5) is 21.2. The third kappa shape index (κ3) is 4.38. The van der Waals surface area contributed by atoms with E-state index in [2.05, 4.69) is 20.6 Å². The molecule has 0 saturated heterocycles. The van der Waals surface area contributed by atoms with Crippen LogP contribution in [0.25, 0.3) is 10.9 Å². The zero-order valence-electron chi connectivity index (χ0n) is 15.6. The van der Waals surface area contributed by atoms with Crippen LogP contribution in [0.2, 0.25) is 0 Å². The minimum Gasteiger partial charge on any atom is -0.385 e. The fraction of sp³-hybridized carbons (Fsp3) is 0.0870. The Balaban J connectivity index is 1.44. The summed E-state index contributed by atoms with van der Waals surface area (Å²) in [6.07, 6.45) is 3.80. The van der Waals surface area contributed by atoms with E-state index in [0.717, 1.165) is 16.6 Å². The van der Waals surface area contributed by atoms with Crippen molar-refractivity contribution in [2.75, 3.05) is 17.2 Å². The van der Waals surface area contributed by atoms with E-state index in [0.29, 0.717) is 24.2 Å². The van der Waals surface area contributed by atoms with Crippen molar-refractivity contribution in [3.05, 3.63) is 96.2 Å². The maximum atomic E-state index is 13.7. The number of carbonyl (C=O) groups is 1. The molecule has 0 radical (unpaired) electrons. The lowest BCUT2D eigenvalue weighted by Crippen LogP contribution is -2.15. The number of benzene rings is 2. The highest BCUT2D eigenvalue weighted by Gasteiger charge is 2.11. The number of rotatable bonds is 6. The summed E-state index contributed by atoms with van der Waals surface area (Å²) in [5, 5.41) is 7.03. The molecule has 2 aromatic carbocycles. The molecule has 5 nitrogen and oxygen atoms in total. The fourth-order valence-corrected chi connectivity index (χ4v) is 3.10. The SMILES string of the molecule is O=C(Nc1cccc2cccnc12)c1cc(NCCc2ccccc2F)ccn1. The number of hydrogen-bond acceptors (Lipinski definition) is 4. The van der Waals surface area contributed by atoms with E-state index in [-0.39, 0.29) is 17.4 Å². The van der Waals surface area contributed by atoms with Gasteiger partial charge in [-0.25, -0.2) is 4.39 Å². The van der Waals surface area contributed by atoms with E-state index in [1.807, 2.05) is 36.4 Å². The van der Waals surface area contributed by atoms with Crippen LogP contribution in [-0.2, 0) is 6.42 Å². The first-order valence-electron chi connectivity index (χ1n) is 9.29. The molecule has 0 aliphatic heterocycles. The van der Waals surface area contributed by atoms with Crippen LogP contribution in [-0.4, -0.2) is 22.4 Å². The Kier molecular flexibility index (Phi) is 5.42. The third-order valence-corrected chi connectivity index (χ3v) is 4.55. The topological polar surface area (TPSA) is 66.9 Å². The van der Waals surface area contributed by atoms with Crippen LogP contribution in [0.1, 0.15) is 16.1 Å².